The van der Waals surface area contributed by atoms with Gasteiger partial charge in [-0.25, -0.2) is 0 Å². The third kappa shape index (κ3) is 7.22. The molecule has 108 valence electrons. The smallest absolute Gasteiger partial charge is 0.223 e. The number of para-hydroxylation sites is 1. The average Bonchev–Trinajstić information content (AvgIpc) is 2.22. The molecule has 0 spiro atoms. The molecule has 1 rings (SSSR count). The third-order valence-corrected chi connectivity index (χ3v) is 2.60. The van der Waals surface area contributed by atoms with Gasteiger partial charge in [0.2, 0.25) is 7.59 Å². The maximum Gasteiger partial charge on any atom is 0.223 e. The quantitative estimate of drug-likeness (QED) is 0.637. The molecule has 0 aliphatic carbocycles. The first kappa shape index (κ1) is 17.6. The van der Waals surface area contributed by atoms with E-state index in [0.29, 0.717) is 11.5 Å². The van der Waals surface area contributed by atoms with E-state index in [1.807, 2.05) is 13.0 Å². The van der Waals surface area contributed by atoms with Crippen LogP contribution in [-0.4, -0.2) is 20.8 Å². The van der Waals surface area contributed by atoms with E-state index in [0.717, 1.165) is 5.56 Å². The number of alkyl halides is 6. The highest BCUT2D eigenvalue weighted by Gasteiger charge is 2.24. The van der Waals surface area contributed by atoms with Crippen molar-refractivity contribution in [2.75, 3.05) is 13.2 Å². The maximum atomic E-state index is 5.64. The molecular weight excluding hydrogens is 377 g/mol. The van der Waals surface area contributed by atoms with Crippen LogP contribution in [0, 0.1) is 6.92 Å². The van der Waals surface area contributed by atoms with E-state index in [4.69, 9.17) is 79.1 Å². The summed E-state index contributed by atoms with van der Waals surface area (Å²) < 4.78 is 7.81. The zero-order valence-corrected chi connectivity index (χ0v) is 14.3. The maximum absolute atomic E-state index is 5.64. The number of aryl methyl sites for hydroxylation is 1. The summed E-state index contributed by atoms with van der Waals surface area (Å²) in [5.41, 5.74) is 0.816. The van der Waals surface area contributed by atoms with Crippen LogP contribution in [0.3, 0.4) is 0 Å². The van der Waals surface area contributed by atoms with Gasteiger partial charge in [0.1, 0.15) is 13.2 Å². The second-order valence-corrected chi connectivity index (χ2v) is 8.74. The molecule has 0 unspecified atom stereocenters. The van der Waals surface area contributed by atoms with Gasteiger partial charge in [-0.1, -0.05) is 81.7 Å². The Morgan fingerprint density at radius 3 is 1.95 bits per heavy atom. The highest BCUT2D eigenvalue weighted by Crippen LogP contribution is 2.35. The average molecular weight is 387 g/mol. The predicted molar refractivity (Wildman–Crippen MR) is 82.7 cm³/mol. The molecule has 2 nitrogen and oxygen atoms in total. The number of benzene rings is 1. The molecule has 1 aromatic rings. The normalized spacial score (nSPS) is 12.4. The van der Waals surface area contributed by atoms with Crippen LogP contribution in [0.1, 0.15) is 5.56 Å². The summed E-state index contributed by atoms with van der Waals surface area (Å²) in [5, 5.41) is 0. The van der Waals surface area contributed by atoms with Gasteiger partial charge in [-0.05, 0) is 18.6 Å². The summed E-state index contributed by atoms with van der Waals surface area (Å²) in [6.45, 7) is 1.59. The van der Waals surface area contributed by atoms with Crippen LogP contribution in [0.2, 0.25) is 0 Å². The number of ether oxygens (including phenoxy) is 2. The van der Waals surface area contributed by atoms with Crippen molar-refractivity contribution >= 4 is 69.6 Å². The van der Waals surface area contributed by atoms with E-state index >= 15 is 0 Å². The summed E-state index contributed by atoms with van der Waals surface area (Å²) in [7, 11) is 0. The molecule has 0 amide bonds. The molecule has 0 heterocycles. The molecule has 0 fully saturated rings. The molecule has 0 saturated heterocycles. The summed E-state index contributed by atoms with van der Waals surface area (Å²) in [5.74, 6) is 0.864. The van der Waals surface area contributed by atoms with Crippen LogP contribution in [0.25, 0.3) is 0 Å². The Morgan fingerprint density at radius 2 is 1.42 bits per heavy atom. The Labute approximate surface area is 141 Å². The monoisotopic (exact) mass is 384 g/mol. The van der Waals surface area contributed by atoms with Crippen LogP contribution in [0.4, 0.5) is 0 Å². The predicted octanol–water partition coefficient (Wildman–Crippen LogP) is 5.49. The molecule has 8 heteroatoms. The summed E-state index contributed by atoms with van der Waals surface area (Å²) >= 11 is 33.8. The fourth-order valence-electron chi connectivity index (χ4n) is 1.24. The van der Waals surface area contributed by atoms with Crippen molar-refractivity contribution < 1.29 is 9.47 Å². The van der Waals surface area contributed by atoms with Crippen LogP contribution in [0.15, 0.2) is 18.2 Å². The van der Waals surface area contributed by atoms with Crippen LogP contribution in [-0.2, 0) is 0 Å². The van der Waals surface area contributed by atoms with Crippen molar-refractivity contribution in [1.29, 1.82) is 0 Å². The number of hydrogen-bond donors (Lipinski definition) is 0. The first-order valence-electron chi connectivity index (χ1n) is 5.07. The lowest BCUT2D eigenvalue weighted by atomic mass is 10.2. The summed E-state index contributed by atoms with van der Waals surface area (Å²) in [4.78, 5) is 0. The largest absolute Gasteiger partial charge is 0.485 e. The lowest BCUT2D eigenvalue weighted by Crippen LogP contribution is -2.18. The number of halogens is 6. The SMILES string of the molecule is Cc1cccc(OCC(Cl)(Cl)Cl)c1OCC(Cl)(Cl)Cl. The minimum atomic E-state index is -1.52. The fraction of sp³-hybridized carbons (Fsp3) is 0.455. The van der Waals surface area contributed by atoms with Gasteiger partial charge in [0, 0.05) is 0 Å². The molecule has 0 atom stereocenters. The van der Waals surface area contributed by atoms with E-state index in [2.05, 4.69) is 0 Å². The molecule has 0 N–H and O–H groups in total. The summed E-state index contributed by atoms with van der Waals surface area (Å²) in [6, 6.07) is 5.29. The molecule has 0 aliphatic rings. The molecular formula is C11H10Cl6O2. The summed E-state index contributed by atoms with van der Waals surface area (Å²) in [6.07, 6.45) is 0. The standard InChI is InChI=1S/C11H10Cl6O2/c1-7-3-2-4-8(18-5-10(12,13)14)9(7)19-6-11(15,16)17/h2-4H,5-6H2,1H3. The number of rotatable bonds is 4. The molecule has 19 heavy (non-hydrogen) atoms. The fourth-order valence-corrected chi connectivity index (χ4v) is 1.57. The minimum Gasteiger partial charge on any atom is -0.485 e. The van der Waals surface area contributed by atoms with E-state index < -0.39 is 7.59 Å². The van der Waals surface area contributed by atoms with E-state index in [-0.39, 0.29) is 13.2 Å². The lowest BCUT2D eigenvalue weighted by Gasteiger charge is -2.19. The van der Waals surface area contributed by atoms with Crippen molar-refractivity contribution in [3.05, 3.63) is 23.8 Å². The van der Waals surface area contributed by atoms with Crippen molar-refractivity contribution in [3.8, 4) is 11.5 Å². The lowest BCUT2D eigenvalue weighted by molar-refractivity contribution is 0.274. The second-order valence-electron chi connectivity index (χ2n) is 3.71. The molecule has 0 radical (unpaired) electrons. The zero-order chi connectivity index (χ0) is 14.7. The molecule has 1 aromatic carbocycles. The van der Waals surface area contributed by atoms with Gasteiger partial charge in [-0.15, -0.1) is 0 Å². The van der Waals surface area contributed by atoms with Gasteiger partial charge in [0.15, 0.2) is 11.5 Å². The Hall–Kier alpha value is 0.560. The van der Waals surface area contributed by atoms with Gasteiger partial charge >= 0.3 is 0 Å². The topological polar surface area (TPSA) is 18.5 Å². The Morgan fingerprint density at radius 1 is 0.895 bits per heavy atom. The van der Waals surface area contributed by atoms with Gasteiger partial charge in [0.25, 0.3) is 0 Å². The Kier molecular flexibility index (Phi) is 6.50. The van der Waals surface area contributed by atoms with Crippen LogP contribution in [0.5, 0.6) is 11.5 Å². The first-order valence-corrected chi connectivity index (χ1v) is 7.34. The van der Waals surface area contributed by atoms with Gasteiger partial charge in [-0.2, -0.15) is 0 Å². The van der Waals surface area contributed by atoms with Crippen molar-refractivity contribution in [3.63, 3.8) is 0 Å². The zero-order valence-electron chi connectivity index (χ0n) is 9.73. The van der Waals surface area contributed by atoms with Crippen LogP contribution >= 0.6 is 69.6 Å². The molecule has 0 aromatic heterocycles. The molecule has 0 saturated carbocycles. The van der Waals surface area contributed by atoms with E-state index in [9.17, 15) is 0 Å². The Balaban J connectivity index is 2.83. The minimum absolute atomic E-state index is 0.118. The third-order valence-electron chi connectivity index (χ3n) is 1.95. The molecule has 0 bridgehead atoms. The number of hydrogen-bond acceptors (Lipinski definition) is 2. The van der Waals surface area contributed by atoms with Crippen LogP contribution < -0.4 is 9.47 Å². The van der Waals surface area contributed by atoms with E-state index in [1.54, 1.807) is 12.1 Å². The Bertz CT molecular complexity index is 424. The van der Waals surface area contributed by atoms with Gasteiger partial charge in [-0.3, -0.25) is 0 Å². The van der Waals surface area contributed by atoms with Crippen molar-refractivity contribution in [2.45, 2.75) is 14.5 Å². The van der Waals surface area contributed by atoms with Crippen molar-refractivity contribution in [2.24, 2.45) is 0 Å². The van der Waals surface area contributed by atoms with Gasteiger partial charge < -0.3 is 9.47 Å². The first-order chi connectivity index (χ1) is 8.58. The second kappa shape index (κ2) is 7.02. The van der Waals surface area contributed by atoms with E-state index in [1.165, 1.54) is 0 Å². The van der Waals surface area contributed by atoms with Gasteiger partial charge in [0.05, 0.1) is 0 Å². The molecule has 0 aliphatic heterocycles. The van der Waals surface area contributed by atoms with Crippen molar-refractivity contribution in [1.82, 2.24) is 0 Å². The highest BCUT2D eigenvalue weighted by molar-refractivity contribution is 6.68. The highest BCUT2D eigenvalue weighted by atomic mass is 35.6.